The Balaban J connectivity index is 2.01. The number of aliphatic carboxylic acids is 1. The second kappa shape index (κ2) is 15.9. The van der Waals surface area contributed by atoms with E-state index in [2.05, 4.69) is 132 Å². The SMILES string of the molecule is CCCCCCC[C@H](CC(CSC(c1ccccc1)(c1ccccc1)c1ccccc1)O[Si](C)(C)C(C)(C)C)C(=O)O. The zero-order valence-electron chi connectivity index (χ0n) is 26.6. The number of rotatable bonds is 17. The molecule has 3 aromatic carbocycles. The summed E-state index contributed by atoms with van der Waals surface area (Å²) in [6, 6.07) is 32.2. The van der Waals surface area contributed by atoms with Crippen LogP contribution < -0.4 is 0 Å². The average Bonchev–Trinajstić information content (AvgIpc) is 2.97. The van der Waals surface area contributed by atoms with Gasteiger partial charge in [-0.15, -0.1) is 11.8 Å². The van der Waals surface area contributed by atoms with Crippen molar-refractivity contribution in [3.05, 3.63) is 108 Å². The minimum Gasteiger partial charge on any atom is -0.481 e. The highest BCUT2D eigenvalue weighted by Gasteiger charge is 2.42. The average molecular weight is 605 g/mol. The van der Waals surface area contributed by atoms with E-state index >= 15 is 0 Å². The fourth-order valence-corrected chi connectivity index (χ4v) is 8.42. The summed E-state index contributed by atoms with van der Waals surface area (Å²) in [5.74, 6) is -0.397. The van der Waals surface area contributed by atoms with Crippen molar-refractivity contribution in [2.45, 2.75) is 102 Å². The molecule has 0 fully saturated rings. The molecule has 42 heavy (non-hydrogen) atoms. The molecule has 228 valence electrons. The van der Waals surface area contributed by atoms with E-state index in [1.54, 1.807) is 0 Å². The van der Waals surface area contributed by atoms with Gasteiger partial charge < -0.3 is 9.53 Å². The Labute approximate surface area is 260 Å². The lowest BCUT2D eigenvalue weighted by atomic mass is 9.84. The van der Waals surface area contributed by atoms with Crippen molar-refractivity contribution >= 4 is 26.0 Å². The molecule has 0 aliphatic rings. The van der Waals surface area contributed by atoms with Crippen LogP contribution in [0.25, 0.3) is 0 Å². The highest BCUT2D eigenvalue weighted by molar-refractivity contribution is 8.00. The van der Waals surface area contributed by atoms with E-state index in [9.17, 15) is 9.90 Å². The minimum atomic E-state index is -2.16. The van der Waals surface area contributed by atoms with Crippen LogP contribution in [-0.4, -0.2) is 31.3 Å². The molecule has 0 aliphatic carbocycles. The highest BCUT2D eigenvalue weighted by atomic mass is 32.2. The Morgan fingerprint density at radius 1 is 0.786 bits per heavy atom. The molecule has 3 rings (SSSR count). The molecule has 0 spiro atoms. The summed E-state index contributed by atoms with van der Waals surface area (Å²) >= 11 is 1.88. The number of thioether (sulfide) groups is 1. The molecular weight excluding hydrogens is 553 g/mol. The first kappa shape index (κ1) is 34.2. The Morgan fingerprint density at radius 2 is 1.24 bits per heavy atom. The fraction of sp³-hybridized carbons (Fsp3) is 0.486. The number of carboxylic acids is 1. The van der Waals surface area contributed by atoms with Crippen LogP contribution in [0, 0.1) is 5.92 Å². The topological polar surface area (TPSA) is 46.5 Å². The molecule has 3 nitrogen and oxygen atoms in total. The third kappa shape index (κ3) is 9.08. The Morgan fingerprint density at radius 3 is 1.64 bits per heavy atom. The quantitative estimate of drug-likeness (QED) is 0.0946. The predicted octanol–water partition coefficient (Wildman–Crippen LogP) is 10.6. The molecule has 0 aliphatic heterocycles. The van der Waals surface area contributed by atoms with Crippen LogP contribution >= 0.6 is 11.8 Å². The molecule has 1 unspecified atom stereocenters. The van der Waals surface area contributed by atoms with Crippen LogP contribution in [-0.2, 0) is 14.0 Å². The van der Waals surface area contributed by atoms with Gasteiger partial charge in [-0.2, -0.15) is 0 Å². The van der Waals surface area contributed by atoms with Crippen molar-refractivity contribution in [1.82, 2.24) is 0 Å². The van der Waals surface area contributed by atoms with E-state index in [0.717, 1.165) is 12.8 Å². The number of carboxylic acid groups (broad SMARTS) is 1. The van der Waals surface area contributed by atoms with Gasteiger partial charge in [0.15, 0.2) is 8.32 Å². The van der Waals surface area contributed by atoms with Gasteiger partial charge in [0.1, 0.15) is 0 Å². The maximum absolute atomic E-state index is 12.5. The van der Waals surface area contributed by atoms with Crippen molar-refractivity contribution in [3.8, 4) is 0 Å². The Bertz CT molecular complexity index is 1100. The smallest absolute Gasteiger partial charge is 0.306 e. The first-order valence-electron chi connectivity index (χ1n) is 15.7. The molecule has 1 N–H and O–H groups in total. The van der Waals surface area contributed by atoms with Gasteiger partial charge in [0.05, 0.1) is 16.8 Å². The maximum Gasteiger partial charge on any atom is 0.306 e. The lowest BCUT2D eigenvalue weighted by molar-refractivity contribution is -0.143. The zero-order chi connectivity index (χ0) is 30.6. The van der Waals surface area contributed by atoms with Crippen molar-refractivity contribution in [3.63, 3.8) is 0 Å². The van der Waals surface area contributed by atoms with Gasteiger partial charge >= 0.3 is 5.97 Å². The molecule has 0 heterocycles. The summed E-state index contributed by atoms with van der Waals surface area (Å²) in [6.07, 6.45) is 6.72. The van der Waals surface area contributed by atoms with Gasteiger partial charge in [-0.05, 0) is 47.7 Å². The molecular formula is C37H52O3SSi. The van der Waals surface area contributed by atoms with Gasteiger partial charge in [-0.1, -0.05) is 151 Å². The van der Waals surface area contributed by atoms with E-state index < -0.39 is 25.0 Å². The monoisotopic (exact) mass is 604 g/mol. The van der Waals surface area contributed by atoms with E-state index in [0.29, 0.717) is 18.6 Å². The van der Waals surface area contributed by atoms with E-state index in [1.165, 1.54) is 36.0 Å². The first-order chi connectivity index (χ1) is 20.0. The van der Waals surface area contributed by atoms with Crippen LogP contribution in [0.2, 0.25) is 18.1 Å². The van der Waals surface area contributed by atoms with Crippen LogP contribution in [0.5, 0.6) is 0 Å². The van der Waals surface area contributed by atoms with Crippen molar-refractivity contribution in [2.24, 2.45) is 5.92 Å². The van der Waals surface area contributed by atoms with E-state index in [-0.39, 0.29) is 11.1 Å². The first-order valence-corrected chi connectivity index (χ1v) is 19.6. The second-order valence-electron chi connectivity index (χ2n) is 13.1. The summed E-state index contributed by atoms with van der Waals surface area (Å²) in [6.45, 7) is 13.5. The number of carbonyl (C=O) groups is 1. The van der Waals surface area contributed by atoms with Gasteiger partial charge in [0, 0.05) is 5.75 Å². The second-order valence-corrected chi connectivity index (χ2v) is 19.1. The summed E-state index contributed by atoms with van der Waals surface area (Å²) in [7, 11) is -2.16. The molecule has 0 amide bonds. The van der Waals surface area contributed by atoms with Gasteiger partial charge in [-0.3, -0.25) is 4.79 Å². The third-order valence-corrected chi connectivity index (χ3v) is 15.1. The van der Waals surface area contributed by atoms with Crippen molar-refractivity contribution in [1.29, 1.82) is 0 Å². The number of benzene rings is 3. The zero-order valence-corrected chi connectivity index (χ0v) is 28.5. The third-order valence-electron chi connectivity index (χ3n) is 8.85. The van der Waals surface area contributed by atoms with Crippen molar-refractivity contribution < 1.29 is 14.3 Å². The number of unbranched alkanes of at least 4 members (excludes halogenated alkanes) is 4. The summed E-state index contributed by atoms with van der Waals surface area (Å²) < 4.78 is 6.63. The molecule has 0 saturated carbocycles. The van der Waals surface area contributed by atoms with E-state index in [4.69, 9.17) is 4.43 Å². The normalized spacial score (nSPS) is 14.0. The maximum atomic E-state index is 12.5. The van der Waals surface area contributed by atoms with Gasteiger partial charge in [-0.25, -0.2) is 0 Å². The van der Waals surface area contributed by atoms with Gasteiger partial charge in [0.2, 0.25) is 0 Å². The lowest BCUT2D eigenvalue weighted by Gasteiger charge is -2.41. The summed E-state index contributed by atoms with van der Waals surface area (Å²) in [5.41, 5.74) is 3.64. The molecule has 2 atom stereocenters. The highest BCUT2D eigenvalue weighted by Crippen LogP contribution is 2.49. The summed E-state index contributed by atoms with van der Waals surface area (Å²) in [5, 5.41) is 10.3. The number of hydrogen-bond acceptors (Lipinski definition) is 3. The van der Waals surface area contributed by atoms with E-state index in [1.807, 2.05) is 11.8 Å². The van der Waals surface area contributed by atoms with Crippen LogP contribution in [0.15, 0.2) is 91.0 Å². The number of hydrogen-bond donors (Lipinski definition) is 1. The Kier molecular flexibility index (Phi) is 13.0. The molecule has 0 saturated heterocycles. The molecule has 3 aromatic rings. The van der Waals surface area contributed by atoms with Crippen LogP contribution in [0.4, 0.5) is 0 Å². The molecule has 0 bridgehead atoms. The lowest BCUT2D eigenvalue weighted by Crippen LogP contribution is -2.45. The fourth-order valence-electron chi connectivity index (χ4n) is 5.38. The van der Waals surface area contributed by atoms with Crippen LogP contribution in [0.1, 0.15) is 89.3 Å². The molecule has 5 heteroatoms. The molecule has 0 aromatic heterocycles. The molecule has 0 radical (unpaired) electrons. The summed E-state index contributed by atoms with van der Waals surface area (Å²) in [4.78, 5) is 12.5. The largest absolute Gasteiger partial charge is 0.481 e. The standard InChI is InChI=1S/C37H52O3SSi/c1-7-8-9-10-14-21-30(35(38)39)28-34(40-42(5,6)36(2,3)4)29-41-37(31-22-15-11-16-23-31,32-24-17-12-18-25-32)33-26-19-13-20-27-33/h11-13,15-20,22-27,30,34H,7-10,14,21,28-29H2,1-6H3,(H,38,39)/t30-,34?/m1/s1. The Hall–Kier alpha value is -2.34. The van der Waals surface area contributed by atoms with Crippen LogP contribution in [0.3, 0.4) is 0 Å². The minimum absolute atomic E-state index is 0.0319. The predicted molar refractivity (Wildman–Crippen MR) is 183 cm³/mol. The van der Waals surface area contributed by atoms with Crippen molar-refractivity contribution in [2.75, 3.05) is 5.75 Å². The van der Waals surface area contributed by atoms with Gasteiger partial charge in [0.25, 0.3) is 0 Å².